The molecule has 2 atom stereocenters. The number of hydrogen-bond donors (Lipinski definition) is 0. The number of allylic oxidation sites excluding steroid dienone is 4. The van der Waals surface area contributed by atoms with E-state index >= 15 is 0 Å². The van der Waals surface area contributed by atoms with E-state index in [0.29, 0.717) is 17.5 Å². The van der Waals surface area contributed by atoms with Gasteiger partial charge < -0.3 is 0 Å². The average molecular weight is 343 g/mol. The van der Waals surface area contributed by atoms with Crippen molar-refractivity contribution in [1.82, 2.24) is 0 Å². The molecule has 0 N–H and O–H groups in total. The van der Waals surface area contributed by atoms with Crippen molar-refractivity contribution in [3.8, 4) is 0 Å². The van der Waals surface area contributed by atoms with Gasteiger partial charge in [0.15, 0.2) is 0 Å². The van der Waals surface area contributed by atoms with Gasteiger partial charge in [0.2, 0.25) is 0 Å². The van der Waals surface area contributed by atoms with Crippen molar-refractivity contribution in [3.05, 3.63) is 23.3 Å². The van der Waals surface area contributed by atoms with Crippen LogP contribution in [0.4, 0.5) is 0 Å². The molecule has 0 aromatic rings. The van der Waals surface area contributed by atoms with E-state index in [1.165, 1.54) is 11.1 Å². The van der Waals surface area contributed by atoms with Gasteiger partial charge in [0.25, 0.3) is 0 Å². The van der Waals surface area contributed by atoms with Gasteiger partial charge in [-0.1, -0.05) is 64.8 Å². The van der Waals surface area contributed by atoms with Crippen LogP contribution in [0, 0.1) is 21.7 Å². The topological polar surface area (TPSA) is 17.1 Å². The largest absolute Gasteiger partial charge is 0.298 e. The summed E-state index contributed by atoms with van der Waals surface area (Å²) in [4.78, 5) is 13.7. The van der Waals surface area contributed by atoms with Gasteiger partial charge >= 0.3 is 0 Å². The molecule has 0 bridgehead atoms. The maximum Gasteiger partial charge on any atom is 0.146 e. The van der Waals surface area contributed by atoms with Crippen molar-refractivity contribution >= 4 is 29.0 Å². The molecule has 1 nitrogen and oxygen atoms in total. The molecule has 124 valence electrons. The lowest BCUT2D eigenvalue weighted by atomic mass is 9.53. The second kappa shape index (κ2) is 5.38. The summed E-state index contributed by atoms with van der Waals surface area (Å²) in [6.45, 7) is 12.9. The fourth-order valence-corrected chi connectivity index (χ4v) is 5.08. The van der Waals surface area contributed by atoms with Crippen LogP contribution >= 0.6 is 23.2 Å². The van der Waals surface area contributed by atoms with Crippen LogP contribution < -0.4 is 0 Å². The molecule has 3 heteroatoms. The molecule has 2 rings (SSSR count). The molecule has 0 heterocycles. The molecule has 0 fully saturated rings. The zero-order valence-corrected chi connectivity index (χ0v) is 16.2. The minimum absolute atomic E-state index is 0.200. The van der Waals surface area contributed by atoms with Crippen molar-refractivity contribution in [2.45, 2.75) is 54.4 Å². The van der Waals surface area contributed by atoms with Gasteiger partial charge in [-0.3, -0.25) is 4.79 Å². The Hall–Kier alpha value is -0.270. The van der Waals surface area contributed by atoms with E-state index in [4.69, 9.17) is 23.2 Å². The third-order valence-electron chi connectivity index (χ3n) is 7.17. The second-order valence-corrected chi connectivity index (χ2v) is 8.91. The van der Waals surface area contributed by atoms with Gasteiger partial charge in [-0.2, -0.15) is 0 Å². The minimum Gasteiger partial charge on any atom is -0.298 e. The monoisotopic (exact) mass is 342 g/mol. The third-order valence-corrected chi connectivity index (χ3v) is 7.74. The van der Waals surface area contributed by atoms with Gasteiger partial charge in [-0.15, -0.1) is 23.2 Å². The van der Waals surface area contributed by atoms with Crippen LogP contribution in [0.3, 0.4) is 0 Å². The molecule has 0 amide bonds. The summed E-state index contributed by atoms with van der Waals surface area (Å²) in [5.74, 6) is 1.35. The van der Waals surface area contributed by atoms with E-state index in [-0.39, 0.29) is 10.8 Å². The molecule has 0 saturated carbocycles. The van der Waals surface area contributed by atoms with Crippen molar-refractivity contribution in [1.29, 1.82) is 0 Å². The first-order valence-electron chi connectivity index (χ1n) is 8.05. The number of Topliss-reactive ketones (excluding diaryl/α,β-unsaturated/α-hetero) is 1. The van der Waals surface area contributed by atoms with Crippen LogP contribution in [0.25, 0.3) is 0 Å². The van der Waals surface area contributed by atoms with Gasteiger partial charge in [-0.25, -0.2) is 0 Å². The summed E-state index contributed by atoms with van der Waals surface area (Å²) in [6.07, 6.45) is 5.91. The Morgan fingerprint density at radius 3 is 1.41 bits per heavy atom. The van der Waals surface area contributed by atoms with E-state index < -0.39 is 10.8 Å². The highest BCUT2D eigenvalue weighted by molar-refractivity contribution is 6.20. The quantitative estimate of drug-likeness (QED) is 0.469. The highest BCUT2D eigenvalue weighted by atomic mass is 35.5. The summed E-state index contributed by atoms with van der Waals surface area (Å²) in [5, 5.41) is 0. The SMILES string of the molecule is CC1(C)C(CCl)=CCC1(C)C(=O)C1(C)CC=C(CCl)C1(C)C. The first-order chi connectivity index (χ1) is 9.99. The molecular formula is C19H28Cl2O. The van der Waals surface area contributed by atoms with E-state index in [1.54, 1.807) is 0 Å². The van der Waals surface area contributed by atoms with Crippen LogP contribution in [0.5, 0.6) is 0 Å². The average Bonchev–Trinajstić information content (AvgIpc) is 2.82. The van der Waals surface area contributed by atoms with E-state index in [1.807, 2.05) is 0 Å². The highest BCUT2D eigenvalue weighted by Gasteiger charge is 2.61. The lowest BCUT2D eigenvalue weighted by Crippen LogP contribution is -2.51. The number of rotatable bonds is 4. The Bertz CT molecular complexity index is 508. The molecule has 0 radical (unpaired) electrons. The number of alkyl halides is 2. The smallest absolute Gasteiger partial charge is 0.146 e. The molecule has 22 heavy (non-hydrogen) atoms. The van der Waals surface area contributed by atoms with Crippen LogP contribution in [-0.2, 0) is 4.79 Å². The molecule has 0 aliphatic heterocycles. The normalized spacial score (nSPS) is 36.2. The lowest BCUT2D eigenvalue weighted by molar-refractivity contribution is -0.146. The first kappa shape index (κ1) is 18.1. The number of carbonyl (C=O) groups excluding carboxylic acids is 1. The fourth-order valence-electron chi connectivity index (χ4n) is 4.19. The molecule has 2 unspecified atom stereocenters. The Kier molecular flexibility index (Phi) is 4.42. The van der Waals surface area contributed by atoms with Gasteiger partial charge in [-0.05, 0) is 23.7 Å². The Morgan fingerprint density at radius 1 is 0.864 bits per heavy atom. The van der Waals surface area contributed by atoms with Crippen molar-refractivity contribution in [2.75, 3.05) is 11.8 Å². The highest BCUT2D eigenvalue weighted by Crippen LogP contribution is 2.62. The second-order valence-electron chi connectivity index (χ2n) is 8.38. The lowest BCUT2D eigenvalue weighted by Gasteiger charge is -2.48. The Labute approximate surface area is 145 Å². The molecule has 0 spiro atoms. The third kappa shape index (κ3) is 2.08. The summed E-state index contributed by atoms with van der Waals surface area (Å²) >= 11 is 12.2. The van der Waals surface area contributed by atoms with Crippen molar-refractivity contribution < 1.29 is 4.79 Å². The van der Waals surface area contributed by atoms with Gasteiger partial charge in [0, 0.05) is 22.6 Å². The van der Waals surface area contributed by atoms with E-state index in [0.717, 1.165) is 12.8 Å². The Morgan fingerprint density at radius 2 is 1.18 bits per heavy atom. The summed E-state index contributed by atoms with van der Waals surface area (Å²) in [6, 6.07) is 0. The molecule has 0 aromatic heterocycles. The van der Waals surface area contributed by atoms with Gasteiger partial charge in [0.05, 0.1) is 0 Å². The predicted molar refractivity (Wildman–Crippen MR) is 95.6 cm³/mol. The van der Waals surface area contributed by atoms with Crippen molar-refractivity contribution in [2.24, 2.45) is 21.7 Å². The molecule has 0 saturated heterocycles. The fraction of sp³-hybridized carbons (Fsp3) is 0.737. The van der Waals surface area contributed by atoms with Crippen LogP contribution in [-0.4, -0.2) is 17.5 Å². The molecule has 2 aliphatic rings. The number of carbonyl (C=O) groups is 1. The number of halogens is 2. The maximum absolute atomic E-state index is 13.7. The van der Waals surface area contributed by atoms with E-state index in [9.17, 15) is 4.79 Å². The number of hydrogen-bond acceptors (Lipinski definition) is 1. The van der Waals surface area contributed by atoms with Crippen LogP contribution in [0.1, 0.15) is 54.4 Å². The van der Waals surface area contributed by atoms with Gasteiger partial charge in [0.1, 0.15) is 5.78 Å². The van der Waals surface area contributed by atoms with E-state index in [2.05, 4.69) is 53.7 Å². The number of ketones is 1. The summed E-state index contributed by atoms with van der Waals surface area (Å²) in [5.41, 5.74) is 1.17. The minimum atomic E-state index is -0.404. The zero-order chi connectivity index (χ0) is 17.0. The van der Waals surface area contributed by atoms with Crippen LogP contribution in [0.2, 0.25) is 0 Å². The molecule has 0 aromatic carbocycles. The predicted octanol–water partition coefficient (Wildman–Crippen LogP) is 5.76. The molecular weight excluding hydrogens is 315 g/mol. The Balaban J connectivity index is 2.42. The molecule has 2 aliphatic carbocycles. The maximum atomic E-state index is 13.7. The zero-order valence-electron chi connectivity index (χ0n) is 14.6. The summed E-state index contributed by atoms with van der Waals surface area (Å²) < 4.78 is 0. The standard InChI is InChI=1S/C19H28Cl2O/c1-16(2)13(11-20)7-9-18(16,5)15(22)19(6)10-8-14(12-21)17(19,3)4/h7-8H,9-12H2,1-6H3. The van der Waals surface area contributed by atoms with Crippen molar-refractivity contribution in [3.63, 3.8) is 0 Å². The van der Waals surface area contributed by atoms with Crippen LogP contribution in [0.15, 0.2) is 23.3 Å². The first-order valence-corrected chi connectivity index (χ1v) is 9.12. The summed E-state index contributed by atoms with van der Waals surface area (Å²) in [7, 11) is 0.